The second-order valence-electron chi connectivity index (χ2n) is 7.40. The number of halogens is 3. The summed E-state index contributed by atoms with van der Waals surface area (Å²) >= 11 is 0. The first-order chi connectivity index (χ1) is 16.9. The van der Waals surface area contributed by atoms with Crippen LogP contribution in [-0.2, 0) is 25.2 Å². The van der Waals surface area contributed by atoms with E-state index in [1.807, 2.05) is 37.4 Å². The number of ether oxygens (including phenoxy) is 2. The predicted molar refractivity (Wildman–Crippen MR) is 124 cm³/mol. The molecule has 0 aliphatic carbocycles. The number of nitrogens with one attached hydrogen (secondary N) is 1. The minimum atomic E-state index is -4.62. The van der Waals surface area contributed by atoms with Crippen LogP contribution in [0.1, 0.15) is 34.0 Å². The minimum absolute atomic E-state index is 0.0882. The van der Waals surface area contributed by atoms with E-state index in [0.29, 0.717) is 6.07 Å². The quantitative estimate of drug-likeness (QED) is 0.450. The van der Waals surface area contributed by atoms with Crippen LogP contribution >= 0.6 is 0 Å². The summed E-state index contributed by atoms with van der Waals surface area (Å²) in [6, 6.07) is 7.31. The van der Waals surface area contributed by atoms with Crippen molar-refractivity contribution in [1.29, 1.82) is 5.26 Å². The maximum Gasteiger partial charge on any atom is 0.417 e. The van der Waals surface area contributed by atoms with Gasteiger partial charge in [0.05, 0.1) is 30.0 Å². The van der Waals surface area contributed by atoms with Gasteiger partial charge >= 0.3 is 12.1 Å². The van der Waals surface area contributed by atoms with Crippen LogP contribution in [0.25, 0.3) is 0 Å². The number of aryl methyl sites for hydroxylation is 2. The van der Waals surface area contributed by atoms with E-state index in [1.54, 1.807) is 13.0 Å². The van der Waals surface area contributed by atoms with Crippen molar-refractivity contribution in [3.05, 3.63) is 58.9 Å². The fourth-order valence-corrected chi connectivity index (χ4v) is 3.23. The molecule has 0 spiro atoms. The lowest BCUT2D eigenvalue weighted by Crippen LogP contribution is -2.46. The van der Waals surface area contributed by atoms with E-state index in [-0.39, 0.29) is 19.1 Å². The Morgan fingerprint density at radius 3 is 2.28 bits per heavy atom. The molecule has 1 atom stereocenters. The van der Waals surface area contributed by atoms with Crippen molar-refractivity contribution in [3.8, 4) is 6.07 Å². The molecule has 1 unspecified atom stereocenters. The van der Waals surface area contributed by atoms with Gasteiger partial charge in [-0.1, -0.05) is 18.2 Å². The third kappa shape index (κ3) is 8.06. The summed E-state index contributed by atoms with van der Waals surface area (Å²) in [6.07, 6.45) is -2.86. The lowest BCUT2D eigenvalue weighted by molar-refractivity contribution is -0.143. The van der Waals surface area contributed by atoms with Gasteiger partial charge in [-0.25, -0.2) is 4.79 Å². The molecule has 1 aromatic carbocycles. The Labute approximate surface area is 206 Å². The number of esters is 1. The predicted octanol–water partition coefficient (Wildman–Crippen LogP) is 3.20. The molecule has 2 amide bonds. The lowest BCUT2D eigenvalue weighted by atomic mass is 10.1. The van der Waals surface area contributed by atoms with Crippen molar-refractivity contribution in [2.24, 2.45) is 0 Å². The summed E-state index contributed by atoms with van der Waals surface area (Å²) in [4.78, 5) is 40.3. The third-order valence-corrected chi connectivity index (χ3v) is 4.85. The van der Waals surface area contributed by atoms with Crippen LogP contribution in [0, 0.1) is 25.2 Å². The fraction of sp³-hybridized carbons (Fsp3) is 0.375. The van der Waals surface area contributed by atoms with Gasteiger partial charge in [-0.3, -0.25) is 19.5 Å². The molecular formula is C24H27F3N4O5. The molecule has 0 aliphatic heterocycles. The first kappa shape index (κ1) is 30.1. The summed E-state index contributed by atoms with van der Waals surface area (Å²) < 4.78 is 47.0. The molecule has 1 aromatic heterocycles. The highest BCUT2D eigenvalue weighted by Gasteiger charge is 2.35. The smallest absolute Gasteiger partial charge is 0.417 e. The van der Waals surface area contributed by atoms with Gasteiger partial charge in [0, 0.05) is 19.5 Å². The Morgan fingerprint density at radius 2 is 1.78 bits per heavy atom. The molecule has 36 heavy (non-hydrogen) atoms. The lowest BCUT2D eigenvalue weighted by Gasteiger charge is -2.30. The maximum atomic E-state index is 12.5. The summed E-state index contributed by atoms with van der Waals surface area (Å²) in [5.41, 5.74) is 0.908. The van der Waals surface area contributed by atoms with Crippen LogP contribution < -0.4 is 10.2 Å². The second kappa shape index (κ2) is 13.8. The third-order valence-electron chi connectivity index (χ3n) is 4.85. The molecule has 2 aromatic rings. The minimum Gasteiger partial charge on any atom is -0.467 e. The van der Waals surface area contributed by atoms with Gasteiger partial charge in [-0.2, -0.15) is 18.4 Å². The van der Waals surface area contributed by atoms with E-state index in [9.17, 15) is 27.6 Å². The number of anilines is 1. The van der Waals surface area contributed by atoms with Gasteiger partial charge in [0.1, 0.15) is 19.2 Å². The normalized spacial score (nSPS) is 11.3. The molecule has 2 rings (SSSR count). The molecule has 0 bridgehead atoms. The largest absolute Gasteiger partial charge is 0.467 e. The van der Waals surface area contributed by atoms with Gasteiger partial charge in [0.15, 0.2) is 0 Å². The number of carbonyl (C=O) groups is 3. The number of benzene rings is 1. The van der Waals surface area contributed by atoms with Gasteiger partial charge in [-0.05, 0) is 38.0 Å². The van der Waals surface area contributed by atoms with Crippen molar-refractivity contribution in [3.63, 3.8) is 0 Å². The van der Waals surface area contributed by atoms with Crippen LogP contribution in [-0.4, -0.2) is 56.2 Å². The number of aromatic nitrogens is 1. The van der Waals surface area contributed by atoms with Crippen molar-refractivity contribution in [1.82, 2.24) is 10.3 Å². The number of rotatable bonds is 7. The second-order valence-corrected chi connectivity index (χ2v) is 7.40. The number of amides is 2. The molecule has 9 nitrogen and oxygen atoms in total. The molecule has 0 saturated carbocycles. The highest BCUT2D eigenvalue weighted by molar-refractivity contribution is 6.01. The average Bonchev–Trinajstić information content (AvgIpc) is 2.84. The molecule has 0 aliphatic rings. The number of carbonyl (C=O) groups excluding carboxylic acids is 3. The number of alkyl halides is 3. The molecule has 194 valence electrons. The van der Waals surface area contributed by atoms with Crippen LogP contribution in [0.4, 0.5) is 18.9 Å². The monoisotopic (exact) mass is 508 g/mol. The molecule has 12 heteroatoms. The summed E-state index contributed by atoms with van der Waals surface area (Å²) in [7, 11) is 2.76. The Bertz CT molecular complexity index is 1100. The van der Waals surface area contributed by atoms with Crippen molar-refractivity contribution < 1.29 is 37.0 Å². The van der Waals surface area contributed by atoms with Crippen molar-refractivity contribution >= 4 is 23.5 Å². The number of nitrogens with zero attached hydrogens (tertiary/aromatic N) is 3. The average molecular weight is 508 g/mol. The Morgan fingerprint density at radius 1 is 1.17 bits per heavy atom. The summed E-state index contributed by atoms with van der Waals surface area (Å²) in [5, 5.41) is 10.2. The zero-order valence-electron chi connectivity index (χ0n) is 20.5. The highest BCUT2D eigenvalue weighted by Crippen LogP contribution is 2.31. The van der Waals surface area contributed by atoms with Crippen LogP contribution in [0.3, 0.4) is 0 Å². The Hall–Kier alpha value is -3.98. The molecule has 0 saturated heterocycles. The first-order valence-electron chi connectivity index (χ1n) is 10.5. The Balaban J connectivity index is 0.000000369. The van der Waals surface area contributed by atoms with Crippen LogP contribution in [0.5, 0.6) is 0 Å². The van der Waals surface area contributed by atoms with Gasteiger partial charge in [0.25, 0.3) is 11.8 Å². The zero-order valence-corrected chi connectivity index (χ0v) is 20.5. The zero-order chi connectivity index (χ0) is 27.5. The van der Waals surface area contributed by atoms with Gasteiger partial charge in [-0.15, -0.1) is 0 Å². The van der Waals surface area contributed by atoms with E-state index >= 15 is 0 Å². The maximum absolute atomic E-state index is 12.5. The highest BCUT2D eigenvalue weighted by atomic mass is 19.4. The van der Waals surface area contributed by atoms with Crippen LogP contribution in [0.2, 0.25) is 0 Å². The fourth-order valence-electron chi connectivity index (χ4n) is 3.23. The molecule has 1 N–H and O–H groups in total. The molecule has 0 fully saturated rings. The standard InChI is InChI=1S/C15H21NO4.C9H6F3N3O/c1-10-7-6-8-11(2)14(10)16(13(17)9-19-4)12(3)15(18)20-5;10-9(11,12)7-1-3-14-5-6(7)8(16)15-4-2-13/h6-8,12H,9H2,1-5H3;1,3,5H,4H2,(H,15,16). The summed E-state index contributed by atoms with van der Waals surface area (Å²) in [6.45, 7) is 5.00. The number of nitriles is 1. The molecule has 1 heterocycles. The van der Waals surface area contributed by atoms with E-state index in [2.05, 4.69) is 4.98 Å². The van der Waals surface area contributed by atoms with Crippen molar-refractivity contribution in [2.75, 3.05) is 32.3 Å². The van der Waals surface area contributed by atoms with E-state index in [4.69, 9.17) is 14.7 Å². The van der Waals surface area contributed by atoms with Crippen molar-refractivity contribution in [2.45, 2.75) is 33.0 Å². The SMILES string of the molecule is COCC(=O)N(c1c(C)cccc1C)C(C)C(=O)OC.N#CCNC(=O)c1cnccc1C(F)(F)F. The number of hydrogen-bond acceptors (Lipinski definition) is 7. The number of para-hydroxylation sites is 1. The molecule has 0 radical (unpaired) electrons. The van der Waals surface area contributed by atoms with Crippen LogP contribution in [0.15, 0.2) is 36.7 Å². The molecular weight excluding hydrogens is 481 g/mol. The summed E-state index contributed by atoms with van der Waals surface area (Å²) in [5.74, 6) is -1.71. The topological polar surface area (TPSA) is 122 Å². The van der Waals surface area contributed by atoms with Gasteiger partial charge in [0.2, 0.25) is 0 Å². The van der Waals surface area contributed by atoms with E-state index < -0.39 is 35.2 Å². The first-order valence-corrected chi connectivity index (χ1v) is 10.5. The Kier molecular flexibility index (Phi) is 11.5. The van der Waals surface area contributed by atoms with E-state index in [0.717, 1.165) is 29.2 Å². The number of pyridine rings is 1. The number of hydrogen-bond donors (Lipinski definition) is 1. The van der Waals surface area contributed by atoms with E-state index in [1.165, 1.54) is 19.1 Å². The van der Waals surface area contributed by atoms with Gasteiger partial charge < -0.3 is 14.8 Å². The number of methoxy groups -OCH3 is 2.